The van der Waals surface area contributed by atoms with E-state index in [4.69, 9.17) is 36.1 Å². The number of nitrogen functional groups attached to an aromatic ring is 1. The minimum atomic E-state index is -4.59. The van der Waals surface area contributed by atoms with Crippen molar-refractivity contribution >= 4 is 41.4 Å². The molecule has 5 atom stereocenters. The molecule has 0 radical (unpaired) electrons. The molecular weight excluding hydrogens is 595 g/mol. The van der Waals surface area contributed by atoms with Crippen molar-refractivity contribution in [1.82, 2.24) is 24.6 Å². The van der Waals surface area contributed by atoms with E-state index in [2.05, 4.69) is 20.0 Å². The van der Waals surface area contributed by atoms with E-state index in [-0.39, 0.29) is 22.7 Å². The monoisotopic (exact) mass is 622 g/mol. The minimum Gasteiger partial charge on any atom is -0.462 e. The number of para-hydroxylation sites is 1. The third kappa shape index (κ3) is 6.01. The van der Waals surface area contributed by atoms with Gasteiger partial charge in [0.2, 0.25) is 5.60 Å². The number of nitrogens with two attached hydrogens (primary N) is 1. The quantitative estimate of drug-likeness (QED) is 0.163. The zero-order valence-electron chi connectivity index (χ0n) is 21.9. The third-order valence-electron chi connectivity index (χ3n) is 6.03. The van der Waals surface area contributed by atoms with Crippen molar-refractivity contribution in [3.05, 3.63) is 43.0 Å². The number of esters is 1. The molecule has 1 aliphatic heterocycles. The SMILES string of the molecule is CC(C)OC(=O)[C@H](C)NP(=S)(OC[C@@]1(C(F)F)O[C@@H](n2cnc3c(N)ncnc32)[C@H](O)C1(F)F)Oc1ccccc1. The van der Waals surface area contributed by atoms with Crippen LogP contribution in [0.15, 0.2) is 43.0 Å². The minimum absolute atomic E-state index is 0.0179. The van der Waals surface area contributed by atoms with Crippen molar-refractivity contribution in [3.63, 3.8) is 0 Å². The first-order valence-corrected chi connectivity index (χ1v) is 14.8. The van der Waals surface area contributed by atoms with Crippen LogP contribution in [-0.4, -0.2) is 73.4 Å². The van der Waals surface area contributed by atoms with E-state index in [1.54, 1.807) is 32.0 Å². The van der Waals surface area contributed by atoms with Gasteiger partial charge >= 0.3 is 18.5 Å². The lowest BCUT2D eigenvalue weighted by Gasteiger charge is -2.35. The molecule has 0 amide bonds. The summed E-state index contributed by atoms with van der Waals surface area (Å²) in [5.74, 6) is -5.36. The number of ether oxygens (including phenoxy) is 2. The maximum absolute atomic E-state index is 15.6. The van der Waals surface area contributed by atoms with Crippen LogP contribution in [0.4, 0.5) is 23.4 Å². The third-order valence-corrected chi connectivity index (χ3v) is 8.51. The molecule has 0 spiro atoms. The van der Waals surface area contributed by atoms with E-state index in [0.29, 0.717) is 0 Å². The number of imidazole rings is 1. The number of anilines is 1. The second kappa shape index (κ2) is 11.7. The van der Waals surface area contributed by atoms with Gasteiger partial charge in [0.05, 0.1) is 19.0 Å². The van der Waals surface area contributed by atoms with E-state index in [1.807, 2.05) is 0 Å². The van der Waals surface area contributed by atoms with E-state index in [0.717, 1.165) is 17.2 Å². The maximum Gasteiger partial charge on any atom is 0.323 e. The highest BCUT2D eigenvalue weighted by Crippen LogP contribution is 2.55. The van der Waals surface area contributed by atoms with Gasteiger partial charge in [-0.15, -0.1) is 0 Å². The number of fused-ring (bicyclic) bond motifs is 1. The molecule has 3 aromatic rings. The summed E-state index contributed by atoms with van der Waals surface area (Å²) < 4.78 is 82.7. The summed E-state index contributed by atoms with van der Waals surface area (Å²) in [6.07, 6.45) is -7.31. The number of aliphatic hydroxyl groups is 1. The number of nitrogens with zero attached hydrogens (tertiary/aromatic N) is 4. The molecule has 41 heavy (non-hydrogen) atoms. The fourth-order valence-corrected chi connectivity index (χ4v) is 6.37. The molecule has 224 valence electrons. The van der Waals surface area contributed by atoms with Gasteiger partial charge in [0, 0.05) is 0 Å². The molecular formula is C23H27F4N6O6PS. The predicted octanol–water partition coefficient (Wildman–Crippen LogP) is 3.19. The smallest absolute Gasteiger partial charge is 0.323 e. The van der Waals surface area contributed by atoms with Crippen molar-refractivity contribution in [3.8, 4) is 5.75 Å². The highest BCUT2D eigenvalue weighted by atomic mass is 32.5. The Bertz CT molecular complexity index is 1440. The molecule has 1 unspecified atom stereocenters. The van der Waals surface area contributed by atoms with E-state index in [1.165, 1.54) is 19.1 Å². The van der Waals surface area contributed by atoms with Crippen LogP contribution in [0, 0.1) is 0 Å². The van der Waals surface area contributed by atoms with E-state index >= 15 is 8.78 Å². The van der Waals surface area contributed by atoms with Gasteiger partial charge in [0.1, 0.15) is 23.6 Å². The first-order chi connectivity index (χ1) is 19.2. The second-order valence-electron chi connectivity index (χ2n) is 9.36. The van der Waals surface area contributed by atoms with Crippen LogP contribution < -0.4 is 15.3 Å². The average molecular weight is 623 g/mol. The van der Waals surface area contributed by atoms with Gasteiger partial charge < -0.3 is 29.4 Å². The van der Waals surface area contributed by atoms with Crippen molar-refractivity contribution in [2.75, 3.05) is 12.3 Å². The Kier molecular flexibility index (Phi) is 8.87. The number of carbonyl (C=O) groups is 1. The lowest BCUT2D eigenvalue weighted by atomic mass is 9.95. The summed E-state index contributed by atoms with van der Waals surface area (Å²) in [6, 6.07) is 6.56. The second-order valence-corrected chi connectivity index (χ2v) is 12.5. The number of hydrogen-bond acceptors (Lipinski definition) is 11. The summed E-state index contributed by atoms with van der Waals surface area (Å²) in [4.78, 5) is 24.0. The summed E-state index contributed by atoms with van der Waals surface area (Å²) in [7, 11) is 0. The van der Waals surface area contributed by atoms with Crippen molar-refractivity contribution in [1.29, 1.82) is 0 Å². The van der Waals surface area contributed by atoms with Crippen LogP contribution in [0.3, 0.4) is 0 Å². The van der Waals surface area contributed by atoms with Crippen LogP contribution in [0.5, 0.6) is 5.75 Å². The van der Waals surface area contributed by atoms with Crippen LogP contribution in [-0.2, 0) is 30.6 Å². The van der Waals surface area contributed by atoms with Crippen LogP contribution in [0.2, 0.25) is 0 Å². The summed E-state index contributed by atoms with van der Waals surface area (Å²) >= 11 is 5.45. The molecule has 1 saturated heterocycles. The standard InChI is InChI=1S/C23H27F4N6O6PS/c1-12(2)37-20(35)13(3)32-40(41,39-14-7-5-4-6-8-14)36-9-22(21(24)25)23(26,27)16(34)19(38-22)33-11-31-15-17(28)29-10-30-18(15)33/h4-8,10-13,16,19,21,34H,9H2,1-3H3,(H,32,41)(H2,28,29,30)/t13-,16-,19+,22-,40?/m0/s1. The van der Waals surface area contributed by atoms with Crippen LogP contribution in [0.1, 0.15) is 27.0 Å². The fourth-order valence-electron chi connectivity index (χ4n) is 3.96. The molecule has 1 aromatic carbocycles. The summed E-state index contributed by atoms with van der Waals surface area (Å²) in [6.45, 7) is -1.01. The lowest BCUT2D eigenvalue weighted by Crippen LogP contribution is -2.57. The molecule has 12 nitrogen and oxygen atoms in total. The van der Waals surface area contributed by atoms with Gasteiger partial charge in [-0.3, -0.25) is 9.36 Å². The topological polar surface area (TPSA) is 156 Å². The van der Waals surface area contributed by atoms with Crippen LogP contribution >= 0.6 is 6.64 Å². The van der Waals surface area contributed by atoms with Crippen molar-refractivity contribution in [2.45, 2.75) is 63.2 Å². The predicted molar refractivity (Wildman–Crippen MR) is 141 cm³/mol. The number of rotatable bonds is 11. The molecule has 2 aromatic heterocycles. The number of aromatic nitrogens is 4. The number of alkyl halides is 4. The number of nitrogens with one attached hydrogen (secondary N) is 1. The molecule has 4 rings (SSSR count). The van der Waals surface area contributed by atoms with Crippen LogP contribution in [0.25, 0.3) is 11.2 Å². The number of aliphatic hydroxyl groups excluding tert-OH is 1. The Morgan fingerprint density at radius 1 is 1.24 bits per heavy atom. The number of halogens is 4. The van der Waals surface area contributed by atoms with E-state index in [9.17, 15) is 18.7 Å². The Balaban J connectivity index is 1.66. The van der Waals surface area contributed by atoms with Crippen molar-refractivity contribution in [2.24, 2.45) is 0 Å². The molecule has 1 fully saturated rings. The first-order valence-electron chi connectivity index (χ1n) is 12.1. The van der Waals surface area contributed by atoms with Crippen molar-refractivity contribution < 1.29 is 46.0 Å². The zero-order valence-corrected chi connectivity index (χ0v) is 23.6. The summed E-state index contributed by atoms with van der Waals surface area (Å²) in [5, 5.41) is 13.1. The average Bonchev–Trinajstić information content (AvgIpc) is 3.41. The highest BCUT2D eigenvalue weighted by Gasteiger charge is 2.74. The maximum atomic E-state index is 15.6. The fraction of sp³-hybridized carbons (Fsp3) is 0.478. The lowest BCUT2D eigenvalue weighted by molar-refractivity contribution is -0.241. The first kappa shape index (κ1) is 31.0. The molecule has 4 N–H and O–H groups in total. The molecule has 18 heteroatoms. The Labute approximate surface area is 236 Å². The molecule has 3 heterocycles. The zero-order chi connectivity index (χ0) is 30.2. The Morgan fingerprint density at radius 2 is 1.93 bits per heavy atom. The van der Waals surface area contributed by atoms with Gasteiger partial charge in [-0.05, 0) is 44.7 Å². The molecule has 0 bridgehead atoms. The molecule has 0 saturated carbocycles. The Morgan fingerprint density at radius 3 is 2.56 bits per heavy atom. The van der Waals surface area contributed by atoms with Gasteiger partial charge in [-0.1, -0.05) is 18.2 Å². The van der Waals surface area contributed by atoms with E-state index < -0.39 is 61.6 Å². The highest BCUT2D eigenvalue weighted by molar-refractivity contribution is 8.09. The van der Waals surface area contributed by atoms with Gasteiger partial charge in [-0.2, -0.15) is 8.78 Å². The summed E-state index contributed by atoms with van der Waals surface area (Å²) in [5.41, 5.74) is 1.86. The Hall–Kier alpha value is -2.95. The number of benzene rings is 1. The molecule has 1 aliphatic rings. The number of carbonyl (C=O) groups excluding carboxylic acids is 1. The van der Waals surface area contributed by atoms with Gasteiger partial charge in [0.15, 0.2) is 23.8 Å². The van der Waals surface area contributed by atoms with Gasteiger partial charge in [-0.25, -0.2) is 28.8 Å². The van der Waals surface area contributed by atoms with Gasteiger partial charge in [0.25, 0.3) is 6.43 Å². The normalized spacial score (nSPS) is 24.4. The number of hydrogen-bond donors (Lipinski definition) is 3. The molecule has 0 aliphatic carbocycles. The largest absolute Gasteiger partial charge is 0.462 e.